The van der Waals surface area contributed by atoms with E-state index in [2.05, 4.69) is 10.2 Å². The second-order valence-electron chi connectivity index (χ2n) is 3.49. The van der Waals surface area contributed by atoms with E-state index in [-0.39, 0.29) is 11.0 Å². The van der Waals surface area contributed by atoms with Crippen LogP contribution in [-0.2, 0) is 9.53 Å². The molecule has 0 amide bonds. The molecule has 7 nitrogen and oxygen atoms in total. The molecular weight excluding hydrogens is 258 g/mol. The zero-order chi connectivity index (χ0) is 13.5. The summed E-state index contributed by atoms with van der Waals surface area (Å²) >= 11 is 0.983. The van der Waals surface area contributed by atoms with E-state index in [0.717, 1.165) is 18.2 Å². The Morgan fingerprint density at radius 2 is 2.17 bits per heavy atom. The van der Waals surface area contributed by atoms with Crippen molar-refractivity contribution in [3.8, 4) is 0 Å². The summed E-state index contributed by atoms with van der Waals surface area (Å²) in [7, 11) is 0. The lowest BCUT2D eigenvalue weighted by molar-refractivity contribution is -0.143. The molecule has 1 aromatic heterocycles. The lowest BCUT2D eigenvalue weighted by Crippen LogP contribution is -2.27. The maximum atomic E-state index is 11.7. The van der Waals surface area contributed by atoms with Crippen molar-refractivity contribution in [3.63, 3.8) is 0 Å². The van der Waals surface area contributed by atoms with Gasteiger partial charge in [0.05, 0.1) is 6.61 Å². The van der Waals surface area contributed by atoms with Crippen LogP contribution in [0.5, 0.6) is 0 Å². The van der Waals surface area contributed by atoms with E-state index in [1.54, 1.807) is 0 Å². The molecule has 1 aromatic rings. The highest BCUT2D eigenvalue weighted by molar-refractivity contribution is 8.00. The van der Waals surface area contributed by atoms with Gasteiger partial charge in [-0.1, -0.05) is 25.6 Å². The number of esters is 1. The van der Waals surface area contributed by atoms with Gasteiger partial charge in [0, 0.05) is 0 Å². The number of H-pyrrole nitrogens is 2. The van der Waals surface area contributed by atoms with Gasteiger partial charge in [-0.3, -0.25) is 14.6 Å². The molecule has 100 valence electrons. The van der Waals surface area contributed by atoms with E-state index in [0.29, 0.717) is 13.0 Å². The third-order valence-corrected chi connectivity index (χ3v) is 3.33. The molecule has 0 radical (unpaired) electrons. The van der Waals surface area contributed by atoms with Crippen LogP contribution in [0, 0.1) is 0 Å². The number of ether oxygens (including phenoxy) is 1. The number of aromatic nitrogens is 3. The van der Waals surface area contributed by atoms with Crippen LogP contribution in [0.4, 0.5) is 0 Å². The fourth-order valence-electron chi connectivity index (χ4n) is 1.15. The van der Waals surface area contributed by atoms with Crippen molar-refractivity contribution >= 4 is 17.7 Å². The second-order valence-corrected chi connectivity index (χ2v) is 4.69. The van der Waals surface area contributed by atoms with E-state index in [9.17, 15) is 14.4 Å². The van der Waals surface area contributed by atoms with Crippen molar-refractivity contribution in [2.45, 2.75) is 37.0 Å². The largest absolute Gasteiger partial charge is 0.465 e. The minimum absolute atomic E-state index is 0.0508. The summed E-state index contributed by atoms with van der Waals surface area (Å²) in [5, 5.41) is 5.27. The van der Waals surface area contributed by atoms with Crippen molar-refractivity contribution in [1.29, 1.82) is 0 Å². The lowest BCUT2D eigenvalue weighted by atomic mass is 10.3. The Morgan fingerprint density at radius 1 is 1.44 bits per heavy atom. The Morgan fingerprint density at radius 3 is 2.72 bits per heavy atom. The average Bonchev–Trinajstić information content (AvgIpc) is 2.35. The number of hydrogen-bond acceptors (Lipinski definition) is 6. The van der Waals surface area contributed by atoms with Gasteiger partial charge in [0.25, 0.3) is 5.56 Å². The standard InChI is InChI=1S/C10H15N3O4S/c1-3-5-17-9(15)6(4-2)18-8-7(14)11-10(16)13-12-8/h6H,3-5H2,1-2H3,(H2,11,13,14,16)/t6-/m1/s1. The van der Waals surface area contributed by atoms with Gasteiger partial charge in [-0.15, -0.1) is 0 Å². The number of hydrogen-bond donors (Lipinski definition) is 2. The molecule has 0 unspecified atom stereocenters. The predicted octanol–water partition coefficient (Wildman–Crippen LogP) is 0.282. The fourth-order valence-corrected chi connectivity index (χ4v) is 2.00. The number of nitrogens with one attached hydrogen (secondary N) is 2. The average molecular weight is 273 g/mol. The van der Waals surface area contributed by atoms with Crippen LogP contribution in [0.15, 0.2) is 14.6 Å². The van der Waals surface area contributed by atoms with Gasteiger partial charge < -0.3 is 4.74 Å². The molecule has 1 rings (SSSR count). The smallest absolute Gasteiger partial charge is 0.342 e. The summed E-state index contributed by atoms with van der Waals surface area (Å²) in [5.74, 6) is -0.378. The molecule has 0 saturated carbocycles. The van der Waals surface area contributed by atoms with Crippen molar-refractivity contribution in [3.05, 3.63) is 20.8 Å². The first-order valence-electron chi connectivity index (χ1n) is 5.60. The van der Waals surface area contributed by atoms with Crippen molar-refractivity contribution in [2.75, 3.05) is 6.61 Å². The third-order valence-electron chi connectivity index (χ3n) is 2.02. The monoisotopic (exact) mass is 273 g/mol. The molecule has 1 atom stereocenters. The number of carbonyl (C=O) groups excluding carboxylic acids is 1. The van der Waals surface area contributed by atoms with Crippen molar-refractivity contribution < 1.29 is 9.53 Å². The van der Waals surface area contributed by atoms with E-state index in [1.807, 2.05) is 18.8 Å². The van der Waals surface area contributed by atoms with Gasteiger partial charge in [0.15, 0.2) is 5.03 Å². The minimum Gasteiger partial charge on any atom is -0.465 e. The second kappa shape index (κ2) is 7.00. The summed E-state index contributed by atoms with van der Waals surface area (Å²) in [6, 6.07) is 0. The summed E-state index contributed by atoms with van der Waals surface area (Å²) in [5.41, 5.74) is -1.28. The topological polar surface area (TPSA) is 105 Å². The van der Waals surface area contributed by atoms with Crippen LogP contribution in [0.3, 0.4) is 0 Å². The Labute approximate surface area is 107 Å². The van der Waals surface area contributed by atoms with Gasteiger partial charge in [-0.2, -0.15) is 5.10 Å². The minimum atomic E-state index is -0.675. The first-order chi connectivity index (χ1) is 8.58. The van der Waals surface area contributed by atoms with Crippen LogP contribution in [0.25, 0.3) is 0 Å². The van der Waals surface area contributed by atoms with Gasteiger partial charge >= 0.3 is 11.7 Å². The van der Waals surface area contributed by atoms with E-state index < -0.39 is 16.5 Å². The number of rotatable bonds is 6. The van der Waals surface area contributed by atoms with Gasteiger partial charge in [-0.05, 0) is 12.8 Å². The van der Waals surface area contributed by atoms with Crippen LogP contribution in [0.2, 0.25) is 0 Å². The van der Waals surface area contributed by atoms with E-state index in [4.69, 9.17) is 4.74 Å². The molecule has 0 spiro atoms. The molecule has 18 heavy (non-hydrogen) atoms. The van der Waals surface area contributed by atoms with Gasteiger partial charge in [0.2, 0.25) is 0 Å². The third kappa shape index (κ3) is 4.02. The Kier molecular flexibility index (Phi) is 5.63. The maximum Gasteiger partial charge on any atom is 0.342 e. The first-order valence-corrected chi connectivity index (χ1v) is 6.48. The van der Waals surface area contributed by atoms with Crippen molar-refractivity contribution in [1.82, 2.24) is 15.2 Å². The van der Waals surface area contributed by atoms with Crippen LogP contribution < -0.4 is 11.2 Å². The van der Waals surface area contributed by atoms with Crippen molar-refractivity contribution in [2.24, 2.45) is 0 Å². The Bertz CT molecular complexity index is 510. The molecule has 0 bridgehead atoms. The zero-order valence-electron chi connectivity index (χ0n) is 10.2. The molecule has 1 heterocycles. The highest BCUT2D eigenvalue weighted by Gasteiger charge is 2.21. The summed E-state index contributed by atoms with van der Waals surface area (Å²) in [6.07, 6.45) is 1.25. The Balaban J connectivity index is 2.76. The zero-order valence-corrected chi connectivity index (χ0v) is 11.0. The molecule has 8 heteroatoms. The SMILES string of the molecule is CCCOC(=O)[C@@H](CC)Sc1n[nH]c(=O)[nH]c1=O. The molecule has 0 aliphatic rings. The first kappa shape index (κ1) is 14.5. The highest BCUT2D eigenvalue weighted by Crippen LogP contribution is 2.21. The van der Waals surface area contributed by atoms with Gasteiger partial charge in [0.1, 0.15) is 5.25 Å². The van der Waals surface area contributed by atoms with Crippen LogP contribution in [0.1, 0.15) is 26.7 Å². The Hall–Kier alpha value is -1.57. The lowest BCUT2D eigenvalue weighted by Gasteiger charge is -2.11. The molecular formula is C10H15N3O4S. The normalized spacial score (nSPS) is 12.1. The van der Waals surface area contributed by atoms with Crippen LogP contribution in [-0.4, -0.2) is 33.0 Å². The fraction of sp³-hybridized carbons (Fsp3) is 0.600. The van der Waals surface area contributed by atoms with Gasteiger partial charge in [-0.25, -0.2) is 9.89 Å². The quantitative estimate of drug-likeness (QED) is 0.570. The maximum absolute atomic E-state index is 11.7. The molecule has 0 aliphatic heterocycles. The number of carbonyl (C=O) groups is 1. The molecule has 0 aromatic carbocycles. The number of thioether (sulfide) groups is 1. The van der Waals surface area contributed by atoms with Crippen LogP contribution >= 0.6 is 11.8 Å². The molecule has 0 saturated heterocycles. The molecule has 2 N–H and O–H groups in total. The number of nitrogens with zero attached hydrogens (tertiary/aromatic N) is 1. The summed E-state index contributed by atoms with van der Waals surface area (Å²) < 4.78 is 5.01. The van der Waals surface area contributed by atoms with E-state index >= 15 is 0 Å². The summed E-state index contributed by atoms with van der Waals surface area (Å²) in [4.78, 5) is 35.9. The highest BCUT2D eigenvalue weighted by atomic mass is 32.2. The van der Waals surface area contributed by atoms with E-state index in [1.165, 1.54) is 0 Å². The number of aromatic amines is 2. The molecule has 0 aliphatic carbocycles. The predicted molar refractivity (Wildman–Crippen MR) is 66.7 cm³/mol. The molecule has 0 fully saturated rings. The summed E-state index contributed by atoms with van der Waals surface area (Å²) in [6.45, 7) is 4.06.